The summed E-state index contributed by atoms with van der Waals surface area (Å²) in [5.74, 6) is 4.52. The molecule has 4 aromatic carbocycles. The van der Waals surface area contributed by atoms with Gasteiger partial charge in [0.1, 0.15) is 13.2 Å². The van der Waals surface area contributed by atoms with Crippen LogP contribution in [0.3, 0.4) is 0 Å². The van der Waals surface area contributed by atoms with Gasteiger partial charge in [0.05, 0.1) is 40.2 Å². The van der Waals surface area contributed by atoms with Crippen LogP contribution in [0.1, 0.15) is 118 Å². The summed E-state index contributed by atoms with van der Waals surface area (Å²) in [6.45, 7) is 15.7. The van der Waals surface area contributed by atoms with Gasteiger partial charge in [0, 0.05) is 42.6 Å². The largest absolute Gasteiger partial charge is 0.493 e. The van der Waals surface area contributed by atoms with Crippen LogP contribution < -0.4 is 18.9 Å². The number of H-pyrrole nitrogens is 1. The highest BCUT2D eigenvalue weighted by Crippen LogP contribution is 2.46. The molecular weight excluding hydrogens is 843 g/mol. The molecule has 1 aliphatic carbocycles. The monoisotopic (exact) mass is 914 g/mol. The molecule has 3 aliphatic rings. The van der Waals surface area contributed by atoms with Gasteiger partial charge in [-0.15, -0.1) is 0 Å². The van der Waals surface area contributed by atoms with Crippen molar-refractivity contribution in [2.45, 2.75) is 97.5 Å². The smallest absolute Gasteiger partial charge is 0.248 e. The topological polar surface area (TPSA) is 123 Å². The predicted octanol–water partition coefficient (Wildman–Crippen LogP) is 10.6. The summed E-state index contributed by atoms with van der Waals surface area (Å²) < 4.78 is 27.5. The molecule has 5 aromatic rings. The van der Waals surface area contributed by atoms with Crippen molar-refractivity contribution in [1.29, 1.82) is 0 Å². The summed E-state index contributed by atoms with van der Waals surface area (Å²) in [6.07, 6.45) is 4.84. The van der Waals surface area contributed by atoms with Crippen LogP contribution in [0.25, 0.3) is 33.3 Å². The van der Waals surface area contributed by atoms with E-state index < -0.39 is 6.61 Å². The summed E-state index contributed by atoms with van der Waals surface area (Å²) in [6, 6.07) is 26.0. The molecular formula is C56H71N3O8. The number of fused-ring (bicyclic) bond motifs is 2. The van der Waals surface area contributed by atoms with E-state index in [1.54, 1.807) is 33.3 Å². The van der Waals surface area contributed by atoms with Gasteiger partial charge in [-0.2, -0.15) is 0 Å². The number of nitrogens with zero attached hydrogens (tertiary/aromatic N) is 2. The lowest BCUT2D eigenvalue weighted by Gasteiger charge is -2.32. The molecule has 8 rings (SSSR count). The lowest BCUT2D eigenvalue weighted by Crippen LogP contribution is -2.40. The molecule has 1 aromatic heterocycles. The number of rotatable bonds is 14. The van der Waals surface area contributed by atoms with Crippen molar-refractivity contribution in [1.82, 2.24) is 14.8 Å². The zero-order valence-electron chi connectivity index (χ0n) is 41.3. The van der Waals surface area contributed by atoms with Crippen LogP contribution >= 0.6 is 0 Å². The van der Waals surface area contributed by atoms with Gasteiger partial charge in [-0.05, 0) is 157 Å². The molecule has 11 nitrogen and oxygen atoms in total. The minimum atomic E-state index is -0.406. The molecule has 0 radical (unpaired) electrons. The van der Waals surface area contributed by atoms with E-state index in [0.29, 0.717) is 48.3 Å². The number of likely N-dealkylation sites (tertiary alicyclic amines) is 2. The Labute approximate surface area is 397 Å². The van der Waals surface area contributed by atoms with Crippen molar-refractivity contribution in [2.75, 3.05) is 67.8 Å². The molecule has 0 spiro atoms. The fourth-order valence-electron chi connectivity index (χ4n) is 10.3. The molecule has 358 valence electrons. The number of carbonyl (C=O) groups excluding carboxylic acids is 2. The molecule has 2 amide bonds. The number of methoxy groups -OCH3 is 4. The van der Waals surface area contributed by atoms with Crippen LogP contribution in [0.4, 0.5) is 0 Å². The third kappa shape index (κ3) is 10.8. The highest BCUT2D eigenvalue weighted by Gasteiger charge is 2.30. The maximum atomic E-state index is 12.5. The average molecular weight is 914 g/mol. The molecule has 2 saturated heterocycles. The van der Waals surface area contributed by atoms with Gasteiger partial charge < -0.3 is 43.6 Å². The Kier molecular flexibility index (Phi) is 16.1. The van der Waals surface area contributed by atoms with Crippen LogP contribution in [-0.2, 0) is 20.7 Å². The lowest BCUT2D eigenvalue weighted by molar-refractivity contribution is -0.138. The zero-order valence-corrected chi connectivity index (χ0v) is 41.3. The Balaban J connectivity index is 0.000000200. The number of aliphatic hydroxyl groups excluding tert-OH is 1. The molecule has 0 atom stereocenters. The van der Waals surface area contributed by atoms with Gasteiger partial charge in [-0.25, -0.2) is 0 Å². The molecule has 0 unspecified atom stereocenters. The fraction of sp³-hybridized carbons (Fsp3) is 0.464. The Hall–Kier alpha value is -5.78. The van der Waals surface area contributed by atoms with E-state index in [9.17, 15) is 9.59 Å². The summed E-state index contributed by atoms with van der Waals surface area (Å²) >= 11 is 0. The zero-order chi connectivity index (χ0) is 47.9. The third-order valence-electron chi connectivity index (χ3n) is 13.9. The van der Waals surface area contributed by atoms with Crippen molar-refractivity contribution < 1.29 is 38.4 Å². The van der Waals surface area contributed by atoms with Crippen molar-refractivity contribution in [2.24, 2.45) is 5.92 Å². The second-order valence-electron chi connectivity index (χ2n) is 19.0. The number of nitrogens with one attached hydrogen (secondary N) is 1. The SMILES string of the molecule is COc1ccc(-c2[nH]c3ccc(C4CCN(C(=O)CO)CC4)cc3c2C(C)C)cc1OC.COc1ccc(C2=C(C(C)C)c3cc(C4CCN(C(=O)COC(C)C)CC4)ccc3C2)cc1OC. The number of ether oxygens (including phenoxy) is 5. The maximum absolute atomic E-state index is 12.5. The molecule has 0 bridgehead atoms. The number of aromatic amines is 1. The number of allylic oxidation sites excluding steroid dienone is 2. The highest BCUT2D eigenvalue weighted by molar-refractivity contribution is 5.98. The van der Waals surface area contributed by atoms with E-state index in [1.165, 1.54) is 49.9 Å². The maximum Gasteiger partial charge on any atom is 0.248 e. The van der Waals surface area contributed by atoms with Gasteiger partial charge in [-0.3, -0.25) is 9.59 Å². The van der Waals surface area contributed by atoms with Gasteiger partial charge in [0.25, 0.3) is 0 Å². The first-order valence-electron chi connectivity index (χ1n) is 24.0. The lowest BCUT2D eigenvalue weighted by atomic mass is 9.86. The predicted molar refractivity (Wildman–Crippen MR) is 268 cm³/mol. The molecule has 11 heteroatoms. The summed E-state index contributed by atoms with van der Waals surface area (Å²) in [5, 5.41) is 10.4. The number of aliphatic hydroxyl groups is 1. The number of hydrogen-bond acceptors (Lipinski definition) is 8. The van der Waals surface area contributed by atoms with Gasteiger partial charge >= 0.3 is 0 Å². The average Bonchev–Trinajstić information content (AvgIpc) is 3.94. The second-order valence-corrected chi connectivity index (χ2v) is 19.0. The van der Waals surface area contributed by atoms with Gasteiger partial charge in [0.15, 0.2) is 23.0 Å². The van der Waals surface area contributed by atoms with Crippen LogP contribution in [0.15, 0.2) is 72.8 Å². The van der Waals surface area contributed by atoms with Crippen LogP contribution in [0.2, 0.25) is 0 Å². The normalized spacial score (nSPS) is 15.6. The van der Waals surface area contributed by atoms with Crippen LogP contribution in [0.5, 0.6) is 23.0 Å². The van der Waals surface area contributed by atoms with Gasteiger partial charge in [-0.1, -0.05) is 58.0 Å². The first-order chi connectivity index (χ1) is 32.3. The van der Waals surface area contributed by atoms with Gasteiger partial charge in [0.2, 0.25) is 11.8 Å². The standard InChI is InChI=1S/C30H39NO4.C26H32N2O4/c1-19(2)30-25-15-22(21-11-13-31(14-12-21)29(32)18-35-20(3)4)7-8-23(25)16-26(30)24-9-10-27(33-5)28(17-24)34-6;1-16(2)25-20-13-18(17-9-11-28(12-10-17)24(30)15-29)5-7-21(20)27-26(25)19-6-8-22(31-3)23(14-19)32-4/h7-10,15,17,19-21H,11-14,16,18H2,1-6H3;5-8,13-14,16-17,27,29H,9-12,15H2,1-4H3. The van der Waals surface area contributed by atoms with Crippen molar-refractivity contribution in [3.63, 3.8) is 0 Å². The van der Waals surface area contributed by atoms with E-state index in [4.69, 9.17) is 28.8 Å². The minimum absolute atomic E-state index is 0.0787. The molecule has 2 aliphatic heterocycles. The number of amides is 2. The Morgan fingerprint density at radius 1 is 0.642 bits per heavy atom. The molecule has 2 fully saturated rings. The number of piperidine rings is 2. The van der Waals surface area contributed by atoms with Crippen LogP contribution in [-0.4, -0.2) is 106 Å². The fourth-order valence-corrected chi connectivity index (χ4v) is 10.3. The number of hydrogen-bond donors (Lipinski definition) is 2. The van der Waals surface area contributed by atoms with E-state index in [-0.39, 0.29) is 24.5 Å². The quantitative estimate of drug-likeness (QED) is 0.113. The van der Waals surface area contributed by atoms with E-state index in [0.717, 1.165) is 73.5 Å². The molecule has 2 N–H and O–H groups in total. The Bertz CT molecular complexity index is 2560. The number of carbonyl (C=O) groups is 2. The first-order valence-corrected chi connectivity index (χ1v) is 24.0. The number of benzene rings is 4. The Morgan fingerprint density at radius 2 is 1.18 bits per heavy atom. The summed E-state index contributed by atoms with van der Waals surface area (Å²) in [4.78, 5) is 31.6. The van der Waals surface area contributed by atoms with Crippen molar-refractivity contribution in [3.8, 4) is 34.3 Å². The minimum Gasteiger partial charge on any atom is -0.493 e. The third-order valence-corrected chi connectivity index (χ3v) is 13.9. The number of aromatic nitrogens is 1. The van der Waals surface area contributed by atoms with E-state index >= 15 is 0 Å². The van der Waals surface area contributed by atoms with Crippen molar-refractivity contribution in [3.05, 3.63) is 106 Å². The molecule has 0 saturated carbocycles. The first kappa shape index (κ1) is 49.1. The molecule has 3 heterocycles. The Morgan fingerprint density at radius 3 is 1.72 bits per heavy atom. The highest BCUT2D eigenvalue weighted by atomic mass is 16.5. The summed E-state index contributed by atoms with van der Waals surface area (Å²) in [7, 11) is 6.65. The van der Waals surface area contributed by atoms with E-state index in [1.807, 2.05) is 36.9 Å². The van der Waals surface area contributed by atoms with Crippen LogP contribution in [0, 0.1) is 5.92 Å². The molecule has 67 heavy (non-hydrogen) atoms. The van der Waals surface area contributed by atoms with E-state index in [2.05, 4.69) is 87.3 Å². The summed E-state index contributed by atoms with van der Waals surface area (Å²) in [5.41, 5.74) is 14.1. The second kappa shape index (κ2) is 21.9. The van der Waals surface area contributed by atoms with Crippen molar-refractivity contribution >= 4 is 33.9 Å².